The van der Waals surface area contributed by atoms with E-state index in [4.69, 9.17) is 0 Å². The quantitative estimate of drug-likeness (QED) is 0.877. The van der Waals surface area contributed by atoms with Crippen LogP contribution in [0.5, 0.6) is 0 Å². The van der Waals surface area contributed by atoms with Crippen LogP contribution in [0.25, 0.3) is 0 Å². The standard InChI is InChI=1S/C13H22N4S/c1-9-11(14-4)16-10(2)17-12(9)15-8-13(3)6-5-7-18-13/h5-8H2,1-4H3,(H2,14,15,16,17). The van der Waals surface area contributed by atoms with Gasteiger partial charge in [0, 0.05) is 23.9 Å². The molecule has 18 heavy (non-hydrogen) atoms. The lowest BCUT2D eigenvalue weighted by Gasteiger charge is -2.24. The average molecular weight is 266 g/mol. The van der Waals surface area contributed by atoms with Gasteiger partial charge in [-0.05, 0) is 39.4 Å². The first-order valence-corrected chi connectivity index (χ1v) is 7.43. The van der Waals surface area contributed by atoms with Gasteiger partial charge in [0.2, 0.25) is 0 Å². The van der Waals surface area contributed by atoms with Crippen molar-refractivity contribution in [2.75, 3.05) is 30.0 Å². The highest BCUT2D eigenvalue weighted by atomic mass is 32.2. The van der Waals surface area contributed by atoms with E-state index in [0.29, 0.717) is 4.75 Å². The summed E-state index contributed by atoms with van der Waals surface area (Å²) in [5, 5.41) is 6.62. The van der Waals surface area contributed by atoms with Gasteiger partial charge in [-0.15, -0.1) is 0 Å². The molecule has 1 aliphatic heterocycles. The van der Waals surface area contributed by atoms with Gasteiger partial charge in [-0.3, -0.25) is 0 Å². The van der Waals surface area contributed by atoms with Crippen molar-refractivity contribution in [1.29, 1.82) is 0 Å². The maximum absolute atomic E-state index is 4.50. The zero-order chi connectivity index (χ0) is 13.2. The van der Waals surface area contributed by atoms with Crippen LogP contribution in [0.3, 0.4) is 0 Å². The maximum atomic E-state index is 4.50. The summed E-state index contributed by atoms with van der Waals surface area (Å²) in [6, 6.07) is 0. The van der Waals surface area contributed by atoms with Gasteiger partial charge in [0.25, 0.3) is 0 Å². The smallest absolute Gasteiger partial charge is 0.134 e. The van der Waals surface area contributed by atoms with Crippen molar-refractivity contribution in [3.05, 3.63) is 11.4 Å². The molecule has 0 aliphatic carbocycles. The van der Waals surface area contributed by atoms with Crippen LogP contribution in [0.4, 0.5) is 11.6 Å². The molecule has 0 saturated carbocycles. The molecule has 100 valence electrons. The number of aromatic nitrogens is 2. The van der Waals surface area contributed by atoms with Crippen molar-refractivity contribution < 1.29 is 0 Å². The number of aryl methyl sites for hydroxylation is 1. The highest BCUT2D eigenvalue weighted by molar-refractivity contribution is 8.00. The molecule has 0 spiro atoms. The number of thioether (sulfide) groups is 1. The molecule has 5 heteroatoms. The second kappa shape index (κ2) is 5.34. The van der Waals surface area contributed by atoms with Crippen molar-refractivity contribution in [3.8, 4) is 0 Å². The molecule has 1 aromatic rings. The van der Waals surface area contributed by atoms with Crippen LogP contribution in [-0.4, -0.2) is 34.1 Å². The van der Waals surface area contributed by atoms with Crippen LogP contribution >= 0.6 is 11.8 Å². The Balaban J connectivity index is 2.11. The lowest BCUT2D eigenvalue weighted by atomic mass is 10.1. The second-order valence-electron chi connectivity index (χ2n) is 5.10. The topological polar surface area (TPSA) is 49.8 Å². The van der Waals surface area contributed by atoms with Crippen molar-refractivity contribution >= 4 is 23.4 Å². The molecular formula is C13H22N4S. The summed E-state index contributed by atoms with van der Waals surface area (Å²) in [5.74, 6) is 3.95. The van der Waals surface area contributed by atoms with E-state index in [-0.39, 0.29) is 0 Å². The second-order valence-corrected chi connectivity index (χ2v) is 6.78. The summed E-state index contributed by atoms with van der Waals surface area (Å²) in [7, 11) is 1.90. The molecule has 2 heterocycles. The van der Waals surface area contributed by atoms with Crippen molar-refractivity contribution in [3.63, 3.8) is 0 Å². The summed E-state index contributed by atoms with van der Waals surface area (Å²) in [4.78, 5) is 8.88. The summed E-state index contributed by atoms with van der Waals surface area (Å²) in [5.41, 5.74) is 1.09. The van der Waals surface area contributed by atoms with Gasteiger partial charge >= 0.3 is 0 Å². The molecule has 1 atom stereocenters. The zero-order valence-electron chi connectivity index (χ0n) is 11.6. The Morgan fingerprint density at radius 2 is 2.00 bits per heavy atom. The third-order valence-corrected chi connectivity index (χ3v) is 4.96. The monoisotopic (exact) mass is 266 g/mol. The maximum Gasteiger partial charge on any atom is 0.134 e. The van der Waals surface area contributed by atoms with E-state index in [1.807, 2.05) is 14.0 Å². The Bertz CT molecular complexity index is 427. The fraction of sp³-hybridized carbons (Fsp3) is 0.692. The first kappa shape index (κ1) is 13.5. The fourth-order valence-electron chi connectivity index (χ4n) is 2.29. The molecule has 0 aromatic carbocycles. The molecule has 0 bridgehead atoms. The molecule has 1 unspecified atom stereocenters. The molecule has 0 amide bonds. The van der Waals surface area contributed by atoms with E-state index in [1.165, 1.54) is 18.6 Å². The molecule has 2 rings (SSSR count). The normalized spacial score (nSPS) is 23.1. The average Bonchev–Trinajstić information content (AvgIpc) is 2.77. The minimum Gasteiger partial charge on any atom is -0.373 e. The number of nitrogens with zero attached hydrogens (tertiary/aromatic N) is 2. The molecule has 0 radical (unpaired) electrons. The van der Waals surface area contributed by atoms with Crippen LogP contribution in [-0.2, 0) is 0 Å². The number of hydrogen-bond acceptors (Lipinski definition) is 5. The Hall–Kier alpha value is -0.970. The van der Waals surface area contributed by atoms with Gasteiger partial charge in [-0.2, -0.15) is 11.8 Å². The number of nitrogens with one attached hydrogen (secondary N) is 2. The predicted molar refractivity (Wildman–Crippen MR) is 79.6 cm³/mol. The van der Waals surface area contributed by atoms with Gasteiger partial charge in [0.1, 0.15) is 17.5 Å². The van der Waals surface area contributed by atoms with Gasteiger partial charge in [0.05, 0.1) is 0 Å². The van der Waals surface area contributed by atoms with E-state index in [9.17, 15) is 0 Å². The molecule has 1 saturated heterocycles. The summed E-state index contributed by atoms with van der Waals surface area (Å²) < 4.78 is 0.352. The van der Waals surface area contributed by atoms with E-state index in [1.54, 1.807) is 0 Å². The van der Waals surface area contributed by atoms with Crippen LogP contribution in [0.1, 0.15) is 31.2 Å². The van der Waals surface area contributed by atoms with Crippen molar-refractivity contribution in [2.45, 2.75) is 38.4 Å². The van der Waals surface area contributed by atoms with Gasteiger partial charge in [-0.1, -0.05) is 0 Å². The largest absolute Gasteiger partial charge is 0.373 e. The Labute approximate surface area is 113 Å². The minimum atomic E-state index is 0.352. The molecule has 1 aromatic heterocycles. The summed E-state index contributed by atoms with van der Waals surface area (Å²) in [6.45, 7) is 7.29. The van der Waals surface area contributed by atoms with E-state index < -0.39 is 0 Å². The van der Waals surface area contributed by atoms with Crippen LogP contribution in [0.2, 0.25) is 0 Å². The zero-order valence-corrected chi connectivity index (χ0v) is 12.4. The number of hydrogen-bond donors (Lipinski definition) is 2. The summed E-state index contributed by atoms with van der Waals surface area (Å²) in [6.07, 6.45) is 2.61. The molecule has 4 nitrogen and oxygen atoms in total. The molecular weight excluding hydrogens is 244 g/mol. The number of anilines is 2. The first-order chi connectivity index (χ1) is 8.54. The first-order valence-electron chi connectivity index (χ1n) is 6.45. The SMILES string of the molecule is CNc1nc(C)nc(NCC2(C)CCCS2)c1C. The van der Waals surface area contributed by atoms with E-state index >= 15 is 0 Å². The highest BCUT2D eigenvalue weighted by Gasteiger charge is 2.29. The van der Waals surface area contributed by atoms with Gasteiger partial charge in [-0.25, -0.2) is 9.97 Å². The Morgan fingerprint density at radius 3 is 2.61 bits per heavy atom. The molecule has 2 N–H and O–H groups in total. The van der Waals surface area contributed by atoms with E-state index in [0.717, 1.165) is 29.6 Å². The van der Waals surface area contributed by atoms with Gasteiger partial charge in [0.15, 0.2) is 0 Å². The third-order valence-electron chi connectivity index (χ3n) is 3.42. The molecule has 1 fully saturated rings. The van der Waals surface area contributed by atoms with E-state index in [2.05, 4.69) is 46.2 Å². The van der Waals surface area contributed by atoms with Crippen molar-refractivity contribution in [1.82, 2.24) is 9.97 Å². The third kappa shape index (κ3) is 2.88. The lowest BCUT2D eigenvalue weighted by Crippen LogP contribution is -2.28. The summed E-state index contributed by atoms with van der Waals surface area (Å²) >= 11 is 2.06. The predicted octanol–water partition coefficient (Wildman–Crippen LogP) is 2.83. The lowest BCUT2D eigenvalue weighted by molar-refractivity contribution is 0.633. The minimum absolute atomic E-state index is 0.352. The van der Waals surface area contributed by atoms with Crippen molar-refractivity contribution in [2.24, 2.45) is 0 Å². The van der Waals surface area contributed by atoms with Crippen LogP contribution in [0.15, 0.2) is 0 Å². The fourth-order valence-corrected chi connectivity index (χ4v) is 3.54. The molecule has 1 aliphatic rings. The van der Waals surface area contributed by atoms with Crippen LogP contribution < -0.4 is 10.6 Å². The Morgan fingerprint density at radius 1 is 1.28 bits per heavy atom. The number of rotatable bonds is 4. The highest BCUT2D eigenvalue weighted by Crippen LogP contribution is 2.37. The van der Waals surface area contributed by atoms with Gasteiger partial charge < -0.3 is 10.6 Å². The van der Waals surface area contributed by atoms with Crippen LogP contribution in [0, 0.1) is 13.8 Å². The Kier molecular flexibility index (Phi) is 4.00.